The summed E-state index contributed by atoms with van der Waals surface area (Å²) in [4.78, 5) is 11.9. The average Bonchev–Trinajstić information content (AvgIpc) is 2.39. The Labute approximate surface area is 120 Å². The second-order valence-electron chi connectivity index (χ2n) is 5.73. The summed E-state index contributed by atoms with van der Waals surface area (Å²) in [7, 11) is 0. The van der Waals surface area contributed by atoms with Crippen LogP contribution in [0.3, 0.4) is 0 Å². The molecule has 0 heterocycles. The fraction of sp³-hybridized carbons (Fsp3) is 0.500. The smallest absolute Gasteiger partial charge is 0.229 e. The van der Waals surface area contributed by atoms with Crippen LogP contribution in [0.25, 0.3) is 0 Å². The third-order valence-electron chi connectivity index (χ3n) is 2.79. The monoisotopic (exact) mass is 274 g/mol. The van der Waals surface area contributed by atoms with E-state index in [2.05, 4.69) is 18.3 Å². The number of unbranched alkanes of at least 4 members (excludes halogenated alkanes) is 1. The average molecular weight is 274 g/mol. The van der Waals surface area contributed by atoms with Crippen LogP contribution in [0.2, 0.25) is 0 Å². The number of hydrogen-bond acceptors (Lipinski definition) is 3. The van der Waals surface area contributed by atoms with E-state index < -0.39 is 5.41 Å². The van der Waals surface area contributed by atoms with Crippen molar-refractivity contribution in [1.29, 1.82) is 5.26 Å². The third kappa shape index (κ3) is 4.58. The highest BCUT2D eigenvalue weighted by Gasteiger charge is 2.21. The first-order valence-corrected chi connectivity index (χ1v) is 6.87. The molecule has 0 spiro atoms. The van der Waals surface area contributed by atoms with Gasteiger partial charge in [-0.15, -0.1) is 0 Å². The Morgan fingerprint density at radius 2 is 2.10 bits per heavy atom. The van der Waals surface area contributed by atoms with Gasteiger partial charge in [-0.25, -0.2) is 0 Å². The Bertz CT molecular complexity index is 510. The van der Waals surface area contributed by atoms with Gasteiger partial charge in [-0.3, -0.25) is 4.79 Å². The van der Waals surface area contributed by atoms with Gasteiger partial charge in [-0.2, -0.15) is 5.26 Å². The summed E-state index contributed by atoms with van der Waals surface area (Å²) in [6.45, 7) is 8.21. The van der Waals surface area contributed by atoms with Crippen molar-refractivity contribution in [3.63, 3.8) is 0 Å². The number of anilines is 1. The van der Waals surface area contributed by atoms with Gasteiger partial charge in [0, 0.05) is 11.1 Å². The molecule has 4 heteroatoms. The molecule has 0 fully saturated rings. The van der Waals surface area contributed by atoms with Crippen LogP contribution in [0.4, 0.5) is 5.69 Å². The predicted molar refractivity (Wildman–Crippen MR) is 79.6 cm³/mol. The second kappa shape index (κ2) is 6.95. The number of amides is 1. The van der Waals surface area contributed by atoms with Gasteiger partial charge in [0.15, 0.2) is 0 Å². The van der Waals surface area contributed by atoms with E-state index in [9.17, 15) is 4.79 Å². The van der Waals surface area contributed by atoms with Gasteiger partial charge in [-0.05, 0) is 24.6 Å². The molecule has 20 heavy (non-hydrogen) atoms. The van der Waals surface area contributed by atoms with Crippen molar-refractivity contribution in [3.8, 4) is 11.8 Å². The minimum absolute atomic E-state index is 0.0824. The van der Waals surface area contributed by atoms with Crippen LogP contribution in [0.15, 0.2) is 18.2 Å². The van der Waals surface area contributed by atoms with Gasteiger partial charge in [0.1, 0.15) is 11.8 Å². The van der Waals surface area contributed by atoms with E-state index in [4.69, 9.17) is 10.00 Å². The predicted octanol–water partition coefficient (Wildman–Crippen LogP) is 3.72. The summed E-state index contributed by atoms with van der Waals surface area (Å²) >= 11 is 0. The molecule has 4 nitrogen and oxygen atoms in total. The summed E-state index contributed by atoms with van der Waals surface area (Å²) in [5.41, 5.74) is 0.584. The first-order chi connectivity index (χ1) is 9.38. The molecule has 0 saturated heterocycles. The Kier molecular flexibility index (Phi) is 5.57. The van der Waals surface area contributed by atoms with Crippen LogP contribution < -0.4 is 10.1 Å². The molecule has 1 aromatic rings. The third-order valence-corrected chi connectivity index (χ3v) is 2.79. The van der Waals surface area contributed by atoms with Crippen molar-refractivity contribution in [3.05, 3.63) is 23.8 Å². The van der Waals surface area contributed by atoms with Gasteiger partial charge in [0.2, 0.25) is 5.91 Å². The zero-order valence-corrected chi connectivity index (χ0v) is 12.6. The van der Waals surface area contributed by atoms with Crippen molar-refractivity contribution in [1.82, 2.24) is 0 Å². The van der Waals surface area contributed by atoms with Gasteiger partial charge >= 0.3 is 0 Å². The molecular formula is C16H22N2O2. The maximum Gasteiger partial charge on any atom is 0.229 e. The molecule has 108 valence electrons. The number of nitrogens with one attached hydrogen (secondary N) is 1. The van der Waals surface area contributed by atoms with Gasteiger partial charge in [0.25, 0.3) is 0 Å². The summed E-state index contributed by atoms with van der Waals surface area (Å²) in [5.74, 6) is 0.482. The Morgan fingerprint density at radius 1 is 1.40 bits per heavy atom. The molecule has 0 atom stereocenters. The number of nitriles is 1. The molecule has 1 aromatic carbocycles. The largest absolute Gasteiger partial charge is 0.492 e. The fourth-order valence-electron chi connectivity index (χ4n) is 1.47. The number of benzene rings is 1. The lowest BCUT2D eigenvalue weighted by Crippen LogP contribution is -2.27. The normalized spacial score (nSPS) is 10.8. The lowest BCUT2D eigenvalue weighted by molar-refractivity contribution is -0.123. The summed E-state index contributed by atoms with van der Waals surface area (Å²) in [5, 5.41) is 12.0. The van der Waals surface area contributed by atoms with E-state index in [0.29, 0.717) is 23.6 Å². The van der Waals surface area contributed by atoms with Gasteiger partial charge in [-0.1, -0.05) is 34.1 Å². The van der Waals surface area contributed by atoms with Crippen molar-refractivity contribution in [2.75, 3.05) is 11.9 Å². The van der Waals surface area contributed by atoms with Crippen molar-refractivity contribution in [2.24, 2.45) is 5.41 Å². The van der Waals surface area contributed by atoms with E-state index in [1.54, 1.807) is 18.2 Å². The molecule has 1 amide bonds. The van der Waals surface area contributed by atoms with Crippen molar-refractivity contribution in [2.45, 2.75) is 40.5 Å². The molecular weight excluding hydrogens is 252 g/mol. The molecule has 0 bridgehead atoms. The van der Waals surface area contributed by atoms with Crippen LogP contribution in [-0.2, 0) is 4.79 Å². The summed E-state index contributed by atoms with van der Waals surface area (Å²) < 4.78 is 5.56. The van der Waals surface area contributed by atoms with E-state index in [1.807, 2.05) is 20.8 Å². The lowest BCUT2D eigenvalue weighted by Gasteiger charge is -2.18. The lowest BCUT2D eigenvalue weighted by atomic mass is 9.95. The molecule has 0 radical (unpaired) electrons. The zero-order valence-electron chi connectivity index (χ0n) is 12.6. The number of hydrogen-bond donors (Lipinski definition) is 1. The molecule has 0 saturated carbocycles. The molecule has 0 aliphatic carbocycles. The highest BCUT2D eigenvalue weighted by atomic mass is 16.5. The van der Waals surface area contributed by atoms with Gasteiger partial charge < -0.3 is 10.1 Å². The Hall–Kier alpha value is -2.02. The van der Waals surface area contributed by atoms with E-state index >= 15 is 0 Å². The van der Waals surface area contributed by atoms with Gasteiger partial charge in [0.05, 0.1) is 12.2 Å². The maximum absolute atomic E-state index is 11.9. The second-order valence-corrected chi connectivity index (χ2v) is 5.73. The first kappa shape index (κ1) is 16.0. The Morgan fingerprint density at radius 3 is 2.65 bits per heavy atom. The Balaban J connectivity index is 2.82. The van der Waals surface area contributed by atoms with Crippen molar-refractivity contribution < 1.29 is 9.53 Å². The van der Waals surface area contributed by atoms with Crippen LogP contribution in [0.1, 0.15) is 46.1 Å². The highest BCUT2D eigenvalue weighted by Crippen LogP contribution is 2.24. The SMILES string of the molecule is CCCCOc1ccc(NC(=O)C(C)(C)C)cc1C#N. The van der Waals surface area contributed by atoms with Crippen LogP contribution in [0.5, 0.6) is 5.75 Å². The van der Waals surface area contributed by atoms with Crippen LogP contribution in [0, 0.1) is 16.7 Å². The van der Waals surface area contributed by atoms with Crippen LogP contribution >= 0.6 is 0 Å². The maximum atomic E-state index is 11.9. The molecule has 0 unspecified atom stereocenters. The summed E-state index contributed by atoms with van der Waals surface area (Å²) in [6.07, 6.45) is 2.00. The quantitative estimate of drug-likeness (QED) is 0.832. The van der Waals surface area contributed by atoms with E-state index in [-0.39, 0.29) is 5.91 Å². The number of nitrogens with zero attached hydrogens (tertiary/aromatic N) is 1. The number of rotatable bonds is 5. The van der Waals surface area contributed by atoms with E-state index in [1.165, 1.54) is 0 Å². The van der Waals surface area contributed by atoms with E-state index in [0.717, 1.165) is 12.8 Å². The van der Waals surface area contributed by atoms with Crippen molar-refractivity contribution >= 4 is 11.6 Å². The summed E-state index contributed by atoms with van der Waals surface area (Å²) in [6, 6.07) is 7.23. The van der Waals surface area contributed by atoms with Crippen LogP contribution in [-0.4, -0.2) is 12.5 Å². The minimum Gasteiger partial charge on any atom is -0.492 e. The molecule has 0 aliphatic rings. The topological polar surface area (TPSA) is 62.1 Å². The highest BCUT2D eigenvalue weighted by molar-refractivity contribution is 5.94. The fourth-order valence-corrected chi connectivity index (χ4v) is 1.47. The molecule has 0 aromatic heterocycles. The first-order valence-electron chi connectivity index (χ1n) is 6.87. The number of carbonyl (C=O) groups excluding carboxylic acids is 1. The number of carbonyl (C=O) groups is 1. The molecule has 1 N–H and O–H groups in total. The standard InChI is InChI=1S/C16H22N2O2/c1-5-6-9-20-14-8-7-13(10-12(14)11-17)18-15(19)16(2,3)4/h7-8,10H,5-6,9H2,1-4H3,(H,18,19). The molecule has 1 rings (SSSR count). The number of ether oxygens (including phenoxy) is 1. The molecule has 0 aliphatic heterocycles. The zero-order chi connectivity index (χ0) is 15.2. The minimum atomic E-state index is -0.469.